The molecule has 11 heavy (non-hydrogen) atoms. The molecule has 0 saturated heterocycles. The minimum Gasteiger partial charge on any atom is -0.457 e. The highest BCUT2D eigenvalue weighted by Crippen LogP contribution is 1.93. The number of esters is 1. The molecule has 0 bridgehead atoms. The molecule has 0 atom stereocenters. The first kappa shape index (κ1) is 7.71. The van der Waals surface area contributed by atoms with E-state index in [4.69, 9.17) is 4.74 Å². The van der Waals surface area contributed by atoms with Gasteiger partial charge in [0.05, 0.1) is 6.10 Å². The third-order valence-electron chi connectivity index (χ3n) is 0.909. The van der Waals surface area contributed by atoms with E-state index >= 15 is 0 Å². The van der Waals surface area contributed by atoms with Crippen molar-refractivity contribution in [2.75, 3.05) is 0 Å². The third-order valence-corrected chi connectivity index (χ3v) is 0.909. The van der Waals surface area contributed by atoms with Gasteiger partial charge in [0.1, 0.15) is 6.34 Å². The van der Waals surface area contributed by atoms with Crippen LogP contribution in [0, 0.1) is 0 Å². The Balaban J connectivity index is 2.43. The molecule has 59 valence electrons. The maximum Gasteiger partial charge on any atom is 0.378 e. The number of aliphatic imine (C=N–C) groups is 1. The number of nitrogens with zero attached hydrogens (tertiary/aromatic N) is 3. The first-order valence-corrected chi connectivity index (χ1v) is 3.21. The Morgan fingerprint density at radius 1 is 1.64 bits per heavy atom. The molecule has 0 amide bonds. The predicted molar refractivity (Wildman–Crippen MR) is 39.3 cm³/mol. The van der Waals surface area contributed by atoms with E-state index in [-0.39, 0.29) is 11.9 Å². The highest BCUT2D eigenvalue weighted by Gasteiger charge is 2.17. The molecule has 0 unspecified atom stereocenters. The molecule has 0 fully saturated rings. The summed E-state index contributed by atoms with van der Waals surface area (Å²) in [6.07, 6.45) is 1.05. The number of amidine groups is 1. The number of ether oxygens (including phenoxy) is 1. The summed E-state index contributed by atoms with van der Waals surface area (Å²) < 4.78 is 4.79. The van der Waals surface area contributed by atoms with Gasteiger partial charge in [-0.2, -0.15) is 0 Å². The molecule has 0 saturated carbocycles. The minimum absolute atomic E-state index is 0.0127. The second-order valence-corrected chi connectivity index (χ2v) is 2.24. The molecule has 0 aliphatic carbocycles. The molecule has 1 radical (unpaired) electrons. The zero-order valence-electron chi connectivity index (χ0n) is 6.31. The maximum atomic E-state index is 10.9. The summed E-state index contributed by atoms with van der Waals surface area (Å²) >= 11 is 0. The molecule has 1 rings (SSSR count). The number of rotatable bonds is 2. The highest BCUT2D eigenvalue weighted by atomic mass is 16.5. The van der Waals surface area contributed by atoms with Crippen molar-refractivity contribution in [3.8, 4) is 0 Å². The quantitative estimate of drug-likeness (QED) is 0.521. The lowest BCUT2D eigenvalue weighted by molar-refractivity contribution is -0.139. The van der Waals surface area contributed by atoms with Crippen molar-refractivity contribution >= 4 is 18.1 Å². The average molecular weight is 154 g/mol. The Morgan fingerprint density at radius 3 is 2.82 bits per heavy atom. The van der Waals surface area contributed by atoms with Crippen molar-refractivity contribution in [2.45, 2.75) is 20.0 Å². The van der Waals surface area contributed by atoms with Gasteiger partial charge in [-0.3, -0.25) is 0 Å². The topological polar surface area (TPSA) is 65.1 Å². The van der Waals surface area contributed by atoms with Gasteiger partial charge >= 0.3 is 5.97 Å². The van der Waals surface area contributed by atoms with Crippen molar-refractivity contribution in [2.24, 2.45) is 10.1 Å². The Labute approximate surface area is 64.1 Å². The van der Waals surface area contributed by atoms with E-state index in [2.05, 4.69) is 15.5 Å². The van der Waals surface area contributed by atoms with Gasteiger partial charge in [0.2, 0.25) is 0 Å². The lowest BCUT2D eigenvalue weighted by atomic mass is 10.5. The normalized spacial score (nSPS) is 14.6. The minimum atomic E-state index is -0.530. The summed E-state index contributed by atoms with van der Waals surface area (Å²) in [7, 11) is 0. The van der Waals surface area contributed by atoms with E-state index in [0.717, 1.165) is 0 Å². The average Bonchev–Trinajstić information content (AvgIpc) is 2.35. The van der Waals surface area contributed by atoms with Crippen LogP contribution in [0.2, 0.25) is 0 Å². The van der Waals surface area contributed by atoms with Crippen molar-refractivity contribution in [3.05, 3.63) is 0 Å². The Morgan fingerprint density at radius 2 is 2.36 bits per heavy atom. The van der Waals surface area contributed by atoms with Crippen molar-refractivity contribution in [1.82, 2.24) is 5.43 Å². The lowest BCUT2D eigenvalue weighted by Crippen LogP contribution is -2.24. The summed E-state index contributed by atoms with van der Waals surface area (Å²) in [6.45, 7) is 3.52. The van der Waals surface area contributed by atoms with Crippen molar-refractivity contribution in [3.63, 3.8) is 0 Å². The van der Waals surface area contributed by atoms with Crippen molar-refractivity contribution < 1.29 is 9.53 Å². The fourth-order valence-electron chi connectivity index (χ4n) is 0.547. The van der Waals surface area contributed by atoms with Crippen LogP contribution < -0.4 is 5.43 Å². The summed E-state index contributed by atoms with van der Waals surface area (Å²) in [5.74, 6) is -0.517. The molecule has 0 aromatic carbocycles. The molecule has 0 aromatic heterocycles. The third kappa shape index (κ3) is 2.03. The van der Waals surface area contributed by atoms with Crippen LogP contribution in [0.3, 0.4) is 0 Å². The van der Waals surface area contributed by atoms with Gasteiger partial charge < -0.3 is 4.74 Å². The first-order valence-electron chi connectivity index (χ1n) is 3.21. The molecular formula is C6H8N3O2. The van der Waals surface area contributed by atoms with Gasteiger partial charge in [-0.15, -0.1) is 10.5 Å². The molecule has 5 heteroatoms. The SMILES string of the molecule is CC(C)OC(=O)C1=NC=N[N]1. The van der Waals surface area contributed by atoms with Crippen LogP contribution in [0.15, 0.2) is 10.1 Å². The van der Waals surface area contributed by atoms with Gasteiger partial charge in [-0.05, 0) is 13.8 Å². The number of hydrogen-bond donors (Lipinski definition) is 0. The summed E-state index contributed by atoms with van der Waals surface area (Å²) in [5.41, 5.74) is 3.43. The first-order chi connectivity index (χ1) is 5.20. The van der Waals surface area contributed by atoms with Crippen LogP contribution in [-0.4, -0.2) is 24.2 Å². The van der Waals surface area contributed by atoms with E-state index in [9.17, 15) is 4.79 Å². The van der Waals surface area contributed by atoms with E-state index in [0.29, 0.717) is 0 Å². The molecule has 1 aliphatic rings. The summed E-state index contributed by atoms with van der Waals surface area (Å²) in [5, 5.41) is 3.39. The molecule has 0 aromatic rings. The fraction of sp³-hybridized carbons (Fsp3) is 0.500. The number of carbonyl (C=O) groups excluding carboxylic acids is 1. The summed E-state index contributed by atoms with van der Waals surface area (Å²) in [6, 6.07) is 0. The number of carbonyl (C=O) groups is 1. The Kier molecular flexibility index (Phi) is 2.20. The zero-order valence-corrected chi connectivity index (χ0v) is 6.31. The Bertz CT molecular complexity index is 220. The predicted octanol–water partition coefficient (Wildman–Crippen LogP) is -0.102. The number of hydrogen-bond acceptors (Lipinski definition) is 4. The second-order valence-electron chi connectivity index (χ2n) is 2.24. The van der Waals surface area contributed by atoms with Gasteiger partial charge in [0.15, 0.2) is 0 Å². The molecule has 0 N–H and O–H groups in total. The van der Waals surface area contributed by atoms with Crippen LogP contribution in [-0.2, 0) is 9.53 Å². The molecule has 0 spiro atoms. The van der Waals surface area contributed by atoms with Crippen LogP contribution in [0.4, 0.5) is 0 Å². The van der Waals surface area contributed by atoms with E-state index in [1.54, 1.807) is 13.8 Å². The smallest absolute Gasteiger partial charge is 0.378 e. The monoisotopic (exact) mass is 154 g/mol. The van der Waals surface area contributed by atoms with E-state index in [1.807, 2.05) is 0 Å². The second kappa shape index (κ2) is 3.14. The molecule has 1 aliphatic heterocycles. The van der Waals surface area contributed by atoms with E-state index in [1.165, 1.54) is 6.34 Å². The zero-order chi connectivity index (χ0) is 8.27. The Hall–Kier alpha value is -1.39. The van der Waals surface area contributed by atoms with Crippen LogP contribution in [0.1, 0.15) is 13.8 Å². The largest absolute Gasteiger partial charge is 0.457 e. The van der Waals surface area contributed by atoms with Gasteiger partial charge in [0, 0.05) is 0 Å². The van der Waals surface area contributed by atoms with Gasteiger partial charge in [-0.1, -0.05) is 0 Å². The molecule has 5 nitrogen and oxygen atoms in total. The van der Waals surface area contributed by atoms with Crippen LogP contribution in [0.25, 0.3) is 0 Å². The summed E-state index contributed by atoms with van der Waals surface area (Å²) in [4.78, 5) is 14.5. The molecular weight excluding hydrogens is 146 g/mol. The standard InChI is InChI=1S/C6H8N3O2/c1-4(2)11-6(10)5-7-3-8-9-5/h3-4H,1-2H3. The van der Waals surface area contributed by atoms with E-state index < -0.39 is 5.97 Å². The molecule has 1 heterocycles. The van der Waals surface area contributed by atoms with Crippen LogP contribution >= 0.6 is 0 Å². The van der Waals surface area contributed by atoms with Crippen molar-refractivity contribution in [1.29, 1.82) is 0 Å². The lowest BCUT2D eigenvalue weighted by Gasteiger charge is -2.05. The van der Waals surface area contributed by atoms with Crippen LogP contribution in [0.5, 0.6) is 0 Å². The maximum absolute atomic E-state index is 10.9. The highest BCUT2D eigenvalue weighted by molar-refractivity contribution is 6.37. The van der Waals surface area contributed by atoms with Gasteiger partial charge in [-0.25, -0.2) is 9.79 Å². The fourth-order valence-corrected chi connectivity index (χ4v) is 0.547. The van der Waals surface area contributed by atoms with Gasteiger partial charge in [0.25, 0.3) is 5.84 Å².